The van der Waals surface area contributed by atoms with Gasteiger partial charge in [-0.25, -0.2) is 4.99 Å². The summed E-state index contributed by atoms with van der Waals surface area (Å²) in [5.74, 6) is 0.868. The molecule has 1 saturated heterocycles. The van der Waals surface area contributed by atoms with E-state index >= 15 is 0 Å². The fourth-order valence-electron chi connectivity index (χ4n) is 3.25. The van der Waals surface area contributed by atoms with Crippen LogP contribution in [0.5, 0.6) is 5.75 Å². The lowest BCUT2D eigenvalue weighted by Crippen LogP contribution is -2.49. The van der Waals surface area contributed by atoms with Crippen LogP contribution >= 0.6 is 0 Å². The summed E-state index contributed by atoms with van der Waals surface area (Å²) < 4.78 is 42.6. The Morgan fingerprint density at radius 3 is 2.43 bits per heavy atom. The van der Waals surface area contributed by atoms with Gasteiger partial charge in [-0.3, -0.25) is 4.90 Å². The van der Waals surface area contributed by atoms with Gasteiger partial charge < -0.3 is 20.3 Å². The van der Waals surface area contributed by atoms with Crippen molar-refractivity contribution in [2.24, 2.45) is 4.99 Å². The number of nitrogens with zero attached hydrogens (tertiary/aromatic N) is 3. The van der Waals surface area contributed by atoms with Gasteiger partial charge in [-0.05, 0) is 32.0 Å². The Morgan fingerprint density at radius 1 is 1.10 bits per heavy atom. The number of hydrogen-bond donors (Lipinski definition) is 2. The normalized spacial score (nSPS) is 16.5. The van der Waals surface area contributed by atoms with Crippen molar-refractivity contribution in [3.05, 3.63) is 29.3 Å². The van der Waals surface area contributed by atoms with E-state index in [1.165, 1.54) is 0 Å². The molecular weight excluding hydrogens is 395 g/mol. The lowest BCUT2D eigenvalue weighted by molar-refractivity contribution is -0.153. The average molecular weight is 430 g/mol. The van der Waals surface area contributed by atoms with Crippen LogP contribution in [0.3, 0.4) is 0 Å². The first kappa shape index (κ1) is 24.3. The third-order valence-corrected chi connectivity index (χ3v) is 5.00. The standard InChI is InChI=1S/C21H34F3N5O/c1-4-25-20(26-8-9-29-12-10-28(5-2)11-13-29)27-15-18-7-6-17(3)14-19(18)30-16-21(22,23)24/h6-7,14H,4-5,8-13,15-16H2,1-3H3,(H2,25,26,27). The van der Waals surface area contributed by atoms with E-state index in [0.717, 1.165) is 51.4 Å². The second kappa shape index (κ2) is 12.0. The zero-order valence-electron chi connectivity index (χ0n) is 18.2. The molecule has 170 valence electrons. The summed E-state index contributed by atoms with van der Waals surface area (Å²) in [6.45, 7) is 12.7. The SMILES string of the molecule is CCNC(=NCc1ccc(C)cc1OCC(F)(F)F)NCCN1CCN(CC)CC1. The van der Waals surface area contributed by atoms with E-state index in [4.69, 9.17) is 4.74 Å². The van der Waals surface area contributed by atoms with Gasteiger partial charge in [0.15, 0.2) is 12.6 Å². The molecule has 1 aromatic rings. The van der Waals surface area contributed by atoms with Crippen LogP contribution in [0.25, 0.3) is 0 Å². The first-order valence-electron chi connectivity index (χ1n) is 10.6. The molecule has 0 saturated carbocycles. The minimum atomic E-state index is -4.37. The molecule has 6 nitrogen and oxygen atoms in total. The van der Waals surface area contributed by atoms with Crippen LogP contribution in [-0.2, 0) is 6.54 Å². The molecular formula is C21H34F3N5O. The fourth-order valence-corrected chi connectivity index (χ4v) is 3.25. The molecule has 0 spiro atoms. The Hall–Kier alpha value is -2.00. The molecule has 0 atom stereocenters. The lowest BCUT2D eigenvalue weighted by atomic mass is 10.1. The summed E-state index contributed by atoms with van der Waals surface area (Å²) in [6.07, 6.45) is -4.37. The number of guanidine groups is 1. The predicted molar refractivity (Wildman–Crippen MR) is 114 cm³/mol. The number of piperazine rings is 1. The second-order valence-corrected chi connectivity index (χ2v) is 7.41. The van der Waals surface area contributed by atoms with Gasteiger partial charge >= 0.3 is 6.18 Å². The lowest BCUT2D eigenvalue weighted by Gasteiger charge is -2.34. The molecule has 2 N–H and O–H groups in total. The minimum Gasteiger partial charge on any atom is -0.484 e. The molecule has 1 aromatic carbocycles. The van der Waals surface area contributed by atoms with Crippen molar-refractivity contribution >= 4 is 5.96 Å². The van der Waals surface area contributed by atoms with Gasteiger partial charge in [-0.15, -0.1) is 0 Å². The van der Waals surface area contributed by atoms with Crippen molar-refractivity contribution in [3.63, 3.8) is 0 Å². The van der Waals surface area contributed by atoms with Gasteiger partial charge in [0.25, 0.3) is 0 Å². The second-order valence-electron chi connectivity index (χ2n) is 7.41. The maximum absolute atomic E-state index is 12.5. The van der Waals surface area contributed by atoms with E-state index < -0.39 is 12.8 Å². The van der Waals surface area contributed by atoms with Gasteiger partial charge in [-0.1, -0.05) is 19.1 Å². The van der Waals surface area contributed by atoms with Crippen LogP contribution in [-0.4, -0.2) is 80.9 Å². The van der Waals surface area contributed by atoms with Crippen molar-refractivity contribution in [3.8, 4) is 5.75 Å². The molecule has 1 fully saturated rings. The average Bonchev–Trinajstić information content (AvgIpc) is 2.71. The van der Waals surface area contributed by atoms with E-state index in [1.807, 2.05) is 19.9 Å². The van der Waals surface area contributed by atoms with Crippen LogP contribution in [0, 0.1) is 6.92 Å². The van der Waals surface area contributed by atoms with Crippen LogP contribution in [0.15, 0.2) is 23.2 Å². The van der Waals surface area contributed by atoms with Crippen molar-refractivity contribution in [1.82, 2.24) is 20.4 Å². The third-order valence-electron chi connectivity index (χ3n) is 5.00. The first-order valence-corrected chi connectivity index (χ1v) is 10.6. The summed E-state index contributed by atoms with van der Waals surface area (Å²) in [4.78, 5) is 9.40. The molecule has 30 heavy (non-hydrogen) atoms. The molecule has 9 heteroatoms. The Kier molecular flexibility index (Phi) is 9.71. The number of halogens is 3. The highest BCUT2D eigenvalue weighted by molar-refractivity contribution is 5.79. The number of alkyl halides is 3. The maximum atomic E-state index is 12.5. The summed E-state index contributed by atoms with van der Waals surface area (Å²) in [6, 6.07) is 5.23. The summed E-state index contributed by atoms with van der Waals surface area (Å²) in [5, 5.41) is 6.50. The maximum Gasteiger partial charge on any atom is 0.422 e. The number of aliphatic imine (C=N–C) groups is 1. The Bertz CT molecular complexity index is 673. The van der Waals surface area contributed by atoms with Crippen LogP contribution in [0.4, 0.5) is 13.2 Å². The zero-order chi connectivity index (χ0) is 22.0. The van der Waals surface area contributed by atoms with Gasteiger partial charge in [0.1, 0.15) is 5.75 Å². The van der Waals surface area contributed by atoms with Crippen LogP contribution in [0.1, 0.15) is 25.0 Å². The number of ether oxygens (including phenoxy) is 1. The monoisotopic (exact) mass is 429 g/mol. The highest BCUT2D eigenvalue weighted by atomic mass is 19.4. The van der Waals surface area contributed by atoms with E-state index in [0.29, 0.717) is 18.1 Å². The van der Waals surface area contributed by atoms with Gasteiger partial charge in [0.2, 0.25) is 0 Å². The molecule has 1 aliphatic rings. The predicted octanol–water partition coefficient (Wildman–Crippen LogP) is 2.63. The van der Waals surface area contributed by atoms with Crippen molar-refractivity contribution in [2.75, 3.05) is 59.0 Å². The molecule has 2 rings (SSSR count). The first-order chi connectivity index (χ1) is 14.3. The van der Waals surface area contributed by atoms with Gasteiger partial charge in [-0.2, -0.15) is 13.2 Å². The highest BCUT2D eigenvalue weighted by Gasteiger charge is 2.28. The van der Waals surface area contributed by atoms with Crippen molar-refractivity contribution in [2.45, 2.75) is 33.5 Å². The largest absolute Gasteiger partial charge is 0.484 e. The van der Waals surface area contributed by atoms with Crippen molar-refractivity contribution in [1.29, 1.82) is 0 Å². The molecule has 0 radical (unpaired) electrons. The molecule has 1 heterocycles. The molecule has 1 aliphatic heterocycles. The topological polar surface area (TPSA) is 52.1 Å². The molecule has 0 aliphatic carbocycles. The number of hydrogen-bond acceptors (Lipinski definition) is 4. The molecule has 0 aromatic heterocycles. The fraction of sp³-hybridized carbons (Fsp3) is 0.667. The number of benzene rings is 1. The number of aryl methyl sites for hydroxylation is 1. The number of rotatable bonds is 9. The van der Waals surface area contributed by atoms with E-state index in [1.54, 1.807) is 12.1 Å². The smallest absolute Gasteiger partial charge is 0.422 e. The Morgan fingerprint density at radius 2 is 1.80 bits per heavy atom. The molecule has 0 unspecified atom stereocenters. The van der Waals surface area contributed by atoms with Crippen LogP contribution < -0.4 is 15.4 Å². The molecule has 0 bridgehead atoms. The van der Waals surface area contributed by atoms with Gasteiger partial charge in [0, 0.05) is 51.4 Å². The number of nitrogens with one attached hydrogen (secondary N) is 2. The van der Waals surface area contributed by atoms with E-state index in [2.05, 4.69) is 32.3 Å². The van der Waals surface area contributed by atoms with Crippen LogP contribution in [0.2, 0.25) is 0 Å². The summed E-state index contributed by atoms with van der Waals surface area (Å²) in [7, 11) is 0. The highest BCUT2D eigenvalue weighted by Crippen LogP contribution is 2.24. The summed E-state index contributed by atoms with van der Waals surface area (Å²) >= 11 is 0. The van der Waals surface area contributed by atoms with E-state index in [-0.39, 0.29) is 12.3 Å². The number of likely N-dealkylation sites (N-methyl/N-ethyl adjacent to an activating group) is 1. The summed E-state index contributed by atoms with van der Waals surface area (Å²) in [5.41, 5.74) is 1.46. The third kappa shape index (κ3) is 8.79. The minimum absolute atomic E-state index is 0.223. The van der Waals surface area contributed by atoms with E-state index in [9.17, 15) is 13.2 Å². The Balaban J connectivity index is 1.90. The van der Waals surface area contributed by atoms with Crippen molar-refractivity contribution < 1.29 is 17.9 Å². The Labute approximate surface area is 177 Å². The van der Waals surface area contributed by atoms with Gasteiger partial charge in [0.05, 0.1) is 6.54 Å². The molecule has 0 amide bonds. The zero-order valence-corrected chi connectivity index (χ0v) is 18.2. The quantitative estimate of drug-likeness (QED) is 0.467.